The molecule has 0 heterocycles. The second-order valence-electron chi connectivity index (χ2n) is 2.39. The molecule has 3 nitrogen and oxygen atoms in total. The number of primary amides is 1. The van der Waals surface area contributed by atoms with Crippen LogP contribution in [0.3, 0.4) is 0 Å². The summed E-state index contributed by atoms with van der Waals surface area (Å²) in [5.41, 5.74) is 5.09. The average molecular weight is 181 g/mol. The maximum Gasteiger partial charge on any atom is 0.234 e. The molecule has 1 amide bonds. The van der Waals surface area contributed by atoms with Gasteiger partial charge in [0.15, 0.2) is 0 Å². The first kappa shape index (κ1) is 13.3. The van der Waals surface area contributed by atoms with E-state index in [1.165, 1.54) is 0 Å². The van der Waals surface area contributed by atoms with Crippen LogP contribution in [0, 0.1) is 0 Å². The minimum atomic E-state index is -0.254. The molecule has 0 saturated heterocycles. The van der Waals surface area contributed by atoms with Gasteiger partial charge in [-0.05, 0) is 13.5 Å². The summed E-state index contributed by atoms with van der Waals surface area (Å²) in [5.74, 6) is -0.254. The molecule has 0 aromatic rings. The molecule has 68 valence electrons. The monoisotopic (exact) mass is 180 g/mol. The molecular weight excluding hydrogens is 164 g/mol. The Balaban J connectivity index is 0. The van der Waals surface area contributed by atoms with Gasteiger partial charge in [-0.1, -0.05) is 19.8 Å². The fraction of sp³-hybridized carbons (Fsp3) is 0.857. The van der Waals surface area contributed by atoms with E-state index >= 15 is 0 Å². The van der Waals surface area contributed by atoms with Gasteiger partial charge in [-0.25, -0.2) is 0 Å². The van der Waals surface area contributed by atoms with Gasteiger partial charge in [0, 0.05) is 0 Å². The van der Waals surface area contributed by atoms with Crippen LogP contribution in [0.2, 0.25) is 0 Å². The van der Waals surface area contributed by atoms with Crippen LogP contribution in [0.15, 0.2) is 0 Å². The lowest BCUT2D eigenvalue weighted by atomic mass is 10.1. The molecule has 0 radical (unpaired) electrons. The first-order chi connectivity index (χ1) is 4.72. The minimum Gasteiger partial charge on any atom is -0.368 e. The summed E-state index contributed by atoms with van der Waals surface area (Å²) in [5, 5.41) is 2.86. The lowest BCUT2D eigenvalue weighted by Gasteiger charge is -2.09. The Morgan fingerprint density at radius 3 is 2.45 bits per heavy atom. The molecule has 0 aliphatic heterocycles. The Bertz CT molecular complexity index is 109. The van der Waals surface area contributed by atoms with Crippen LogP contribution in [0.25, 0.3) is 0 Å². The largest absolute Gasteiger partial charge is 0.368 e. The molecule has 0 aromatic carbocycles. The van der Waals surface area contributed by atoms with E-state index in [0.29, 0.717) is 0 Å². The highest BCUT2D eigenvalue weighted by Crippen LogP contribution is 1.98. The highest BCUT2D eigenvalue weighted by atomic mass is 35.5. The van der Waals surface area contributed by atoms with Crippen molar-refractivity contribution in [1.82, 2.24) is 5.32 Å². The van der Waals surface area contributed by atoms with Crippen molar-refractivity contribution in [2.75, 3.05) is 7.05 Å². The molecule has 0 unspecified atom stereocenters. The zero-order valence-electron chi connectivity index (χ0n) is 7.09. The van der Waals surface area contributed by atoms with Gasteiger partial charge < -0.3 is 11.1 Å². The Hall–Kier alpha value is -0.280. The van der Waals surface area contributed by atoms with E-state index in [-0.39, 0.29) is 24.4 Å². The smallest absolute Gasteiger partial charge is 0.234 e. The lowest BCUT2D eigenvalue weighted by Crippen LogP contribution is -2.38. The van der Waals surface area contributed by atoms with E-state index in [4.69, 9.17) is 5.73 Å². The number of nitrogens with one attached hydrogen (secondary N) is 1. The molecule has 0 aromatic heterocycles. The number of carbonyl (C=O) groups excluding carboxylic acids is 1. The highest BCUT2D eigenvalue weighted by Gasteiger charge is 2.10. The second-order valence-corrected chi connectivity index (χ2v) is 2.39. The minimum absolute atomic E-state index is 0. The summed E-state index contributed by atoms with van der Waals surface area (Å²) in [6.07, 6.45) is 3.00. The summed E-state index contributed by atoms with van der Waals surface area (Å²) >= 11 is 0. The number of carbonyl (C=O) groups is 1. The Morgan fingerprint density at radius 2 is 2.18 bits per heavy atom. The van der Waals surface area contributed by atoms with E-state index in [2.05, 4.69) is 12.2 Å². The summed E-state index contributed by atoms with van der Waals surface area (Å²) in [6, 6.07) is -0.139. The van der Waals surface area contributed by atoms with Crippen molar-refractivity contribution in [3.05, 3.63) is 0 Å². The SMILES string of the molecule is CCCC[C@H](NC)C(N)=O.Cl. The fourth-order valence-electron chi connectivity index (χ4n) is 0.837. The Kier molecular flexibility index (Phi) is 9.47. The van der Waals surface area contributed by atoms with Gasteiger partial charge in [-0.15, -0.1) is 12.4 Å². The molecule has 11 heavy (non-hydrogen) atoms. The topological polar surface area (TPSA) is 55.1 Å². The van der Waals surface area contributed by atoms with Crippen LogP contribution in [0.5, 0.6) is 0 Å². The lowest BCUT2D eigenvalue weighted by molar-refractivity contribution is -0.120. The van der Waals surface area contributed by atoms with Crippen LogP contribution in [0.1, 0.15) is 26.2 Å². The number of likely N-dealkylation sites (N-methyl/N-ethyl adjacent to an activating group) is 1. The average Bonchev–Trinajstić information content (AvgIpc) is 1.89. The van der Waals surface area contributed by atoms with E-state index < -0.39 is 0 Å². The third kappa shape index (κ3) is 6.13. The molecule has 3 N–H and O–H groups in total. The van der Waals surface area contributed by atoms with E-state index in [1.54, 1.807) is 7.05 Å². The molecule has 4 heteroatoms. The predicted molar refractivity (Wildman–Crippen MR) is 48.8 cm³/mol. The maximum atomic E-state index is 10.6. The quantitative estimate of drug-likeness (QED) is 0.654. The third-order valence-electron chi connectivity index (χ3n) is 1.54. The predicted octanol–water partition coefficient (Wildman–Crippen LogP) is 0.672. The number of halogens is 1. The molecular formula is C7H17ClN2O. The van der Waals surface area contributed by atoms with E-state index in [0.717, 1.165) is 19.3 Å². The van der Waals surface area contributed by atoms with Crippen molar-refractivity contribution in [2.45, 2.75) is 32.2 Å². The number of hydrogen-bond acceptors (Lipinski definition) is 2. The molecule has 0 bridgehead atoms. The molecule has 0 spiro atoms. The van der Waals surface area contributed by atoms with Crippen LogP contribution in [0.4, 0.5) is 0 Å². The fourth-order valence-corrected chi connectivity index (χ4v) is 0.837. The second kappa shape index (κ2) is 7.82. The van der Waals surface area contributed by atoms with Gasteiger partial charge in [0.2, 0.25) is 5.91 Å². The zero-order chi connectivity index (χ0) is 7.98. The molecule has 0 aliphatic carbocycles. The number of amides is 1. The first-order valence-corrected chi connectivity index (χ1v) is 3.69. The molecule has 0 aliphatic rings. The number of unbranched alkanes of at least 4 members (excludes halogenated alkanes) is 1. The van der Waals surface area contributed by atoms with Crippen LogP contribution in [-0.2, 0) is 4.79 Å². The number of rotatable bonds is 5. The Labute approximate surface area is 74.1 Å². The van der Waals surface area contributed by atoms with Crippen LogP contribution < -0.4 is 11.1 Å². The van der Waals surface area contributed by atoms with Gasteiger partial charge in [0.05, 0.1) is 6.04 Å². The summed E-state index contributed by atoms with van der Waals surface area (Å²) in [6.45, 7) is 2.09. The number of hydrogen-bond donors (Lipinski definition) is 2. The van der Waals surface area contributed by atoms with Gasteiger partial charge in [0.1, 0.15) is 0 Å². The summed E-state index contributed by atoms with van der Waals surface area (Å²) < 4.78 is 0. The molecule has 0 fully saturated rings. The van der Waals surface area contributed by atoms with Crippen molar-refractivity contribution in [3.63, 3.8) is 0 Å². The molecule has 0 rings (SSSR count). The Morgan fingerprint density at radius 1 is 1.64 bits per heavy atom. The van der Waals surface area contributed by atoms with Crippen molar-refractivity contribution in [2.24, 2.45) is 5.73 Å². The number of nitrogens with two attached hydrogens (primary N) is 1. The van der Waals surface area contributed by atoms with Crippen molar-refractivity contribution < 1.29 is 4.79 Å². The van der Waals surface area contributed by atoms with Gasteiger partial charge in [-0.2, -0.15) is 0 Å². The third-order valence-corrected chi connectivity index (χ3v) is 1.54. The van der Waals surface area contributed by atoms with Crippen LogP contribution >= 0.6 is 12.4 Å². The van der Waals surface area contributed by atoms with Crippen molar-refractivity contribution in [3.8, 4) is 0 Å². The van der Waals surface area contributed by atoms with Crippen molar-refractivity contribution >= 4 is 18.3 Å². The van der Waals surface area contributed by atoms with Gasteiger partial charge >= 0.3 is 0 Å². The van der Waals surface area contributed by atoms with E-state index in [1.807, 2.05) is 0 Å². The highest BCUT2D eigenvalue weighted by molar-refractivity contribution is 5.85. The molecule has 0 saturated carbocycles. The zero-order valence-corrected chi connectivity index (χ0v) is 7.91. The van der Waals surface area contributed by atoms with Crippen LogP contribution in [-0.4, -0.2) is 19.0 Å². The van der Waals surface area contributed by atoms with Gasteiger partial charge in [0.25, 0.3) is 0 Å². The first-order valence-electron chi connectivity index (χ1n) is 3.69. The standard InChI is InChI=1S/C7H16N2O.ClH/c1-3-4-5-6(9-2)7(8)10;/h6,9H,3-5H2,1-2H3,(H2,8,10);1H/t6-;/m0./s1. The summed E-state index contributed by atoms with van der Waals surface area (Å²) in [7, 11) is 1.76. The maximum absolute atomic E-state index is 10.6. The summed E-state index contributed by atoms with van der Waals surface area (Å²) in [4.78, 5) is 10.6. The van der Waals surface area contributed by atoms with Crippen molar-refractivity contribution in [1.29, 1.82) is 0 Å². The normalized spacial score (nSPS) is 11.8. The molecule has 1 atom stereocenters. The van der Waals surface area contributed by atoms with E-state index in [9.17, 15) is 4.79 Å². The van der Waals surface area contributed by atoms with Gasteiger partial charge in [-0.3, -0.25) is 4.79 Å².